The van der Waals surface area contributed by atoms with E-state index in [0.29, 0.717) is 12.2 Å². The van der Waals surface area contributed by atoms with E-state index in [-0.39, 0.29) is 16.8 Å². The lowest BCUT2D eigenvalue weighted by Crippen LogP contribution is -2.50. The number of hydrogen-bond acceptors (Lipinski definition) is 4. The lowest BCUT2D eigenvalue weighted by molar-refractivity contribution is -0.121. The predicted octanol–water partition coefficient (Wildman–Crippen LogP) is 0.439. The Kier molecular flexibility index (Phi) is 4.42. The lowest BCUT2D eigenvalue weighted by atomic mass is 10.0. The van der Waals surface area contributed by atoms with Crippen LogP contribution in [-0.2, 0) is 14.8 Å². The molecule has 0 saturated carbocycles. The summed E-state index contributed by atoms with van der Waals surface area (Å²) in [5.41, 5.74) is 0.573. The van der Waals surface area contributed by atoms with Gasteiger partial charge in [0.15, 0.2) is 0 Å². The number of sulfonamides is 1. The zero-order chi connectivity index (χ0) is 14.8. The zero-order valence-electron chi connectivity index (χ0n) is 11.4. The Balaban J connectivity index is 2.29. The number of rotatable bonds is 4. The lowest BCUT2D eigenvalue weighted by Gasteiger charge is -2.32. The maximum absolute atomic E-state index is 12.4. The number of benzene rings is 1. The summed E-state index contributed by atoms with van der Waals surface area (Å²) in [6.45, 7) is 3.27. The van der Waals surface area contributed by atoms with Crippen LogP contribution in [0.3, 0.4) is 0 Å². The number of anilines is 1. The second-order valence-corrected chi connectivity index (χ2v) is 6.35. The maximum Gasteiger partial charge on any atom is 0.244 e. The number of nitrogens with one attached hydrogen (secondary N) is 1. The first-order valence-electron chi connectivity index (χ1n) is 6.61. The van der Waals surface area contributed by atoms with Gasteiger partial charge in [-0.25, -0.2) is 13.6 Å². The molecular weight excluding hydrogens is 278 g/mol. The Labute approximate surface area is 119 Å². The summed E-state index contributed by atoms with van der Waals surface area (Å²) in [7, 11) is -3.76. The molecule has 0 aliphatic carbocycles. The van der Waals surface area contributed by atoms with Crippen LogP contribution in [0, 0.1) is 0 Å². The minimum Gasteiger partial charge on any atom is -0.311 e. The van der Waals surface area contributed by atoms with Crippen LogP contribution in [0.25, 0.3) is 0 Å². The third kappa shape index (κ3) is 3.17. The molecule has 1 aromatic rings. The molecule has 0 bridgehead atoms. The molecule has 7 heteroatoms. The van der Waals surface area contributed by atoms with Gasteiger partial charge >= 0.3 is 0 Å². The molecular formula is C13H19N3O3S. The van der Waals surface area contributed by atoms with Crippen molar-refractivity contribution < 1.29 is 13.2 Å². The SMILES string of the molecule is CCNC1CCCN(c2cccc(S(N)(=O)=O)c2)C1=O. The van der Waals surface area contributed by atoms with E-state index in [4.69, 9.17) is 5.14 Å². The standard InChI is InChI=1S/C13H19N3O3S/c1-2-15-12-7-4-8-16(13(12)17)10-5-3-6-11(9-10)20(14,18)19/h3,5-6,9,12,15H,2,4,7-8H2,1H3,(H2,14,18,19). The van der Waals surface area contributed by atoms with Crippen molar-refractivity contribution in [3.8, 4) is 0 Å². The van der Waals surface area contributed by atoms with Gasteiger partial charge in [-0.2, -0.15) is 0 Å². The van der Waals surface area contributed by atoms with Crippen molar-refractivity contribution in [2.24, 2.45) is 5.14 Å². The highest BCUT2D eigenvalue weighted by atomic mass is 32.2. The topological polar surface area (TPSA) is 92.5 Å². The number of primary sulfonamides is 1. The molecule has 6 nitrogen and oxygen atoms in total. The average Bonchev–Trinajstić information content (AvgIpc) is 2.41. The summed E-state index contributed by atoms with van der Waals surface area (Å²) in [6.07, 6.45) is 1.68. The normalized spacial score (nSPS) is 20.2. The third-order valence-corrected chi connectivity index (χ3v) is 4.26. The first-order chi connectivity index (χ1) is 9.43. The van der Waals surface area contributed by atoms with E-state index in [1.165, 1.54) is 12.1 Å². The number of likely N-dealkylation sites (N-methyl/N-ethyl adjacent to an activating group) is 1. The molecule has 0 aromatic heterocycles. The van der Waals surface area contributed by atoms with E-state index >= 15 is 0 Å². The molecule has 3 N–H and O–H groups in total. The zero-order valence-corrected chi connectivity index (χ0v) is 12.2. The van der Waals surface area contributed by atoms with E-state index in [1.807, 2.05) is 6.92 Å². The quantitative estimate of drug-likeness (QED) is 0.843. The molecule has 1 atom stereocenters. The van der Waals surface area contributed by atoms with Crippen LogP contribution in [0.15, 0.2) is 29.2 Å². The van der Waals surface area contributed by atoms with Crippen molar-refractivity contribution in [3.05, 3.63) is 24.3 Å². The third-order valence-electron chi connectivity index (χ3n) is 3.35. The molecule has 1 heterocycles. The number of piperidine rings is 1. The summed E-state index contributed by atoms with van der Waals surface area (Å²) < 4.78 is 22.8. The first kappa shape index (κ1) is 15.0. The van der Waals surface area contributed by atoms with E-state index in [2.05, 4.69) is 5.32 Å². The molecule has 0 radical (unpaired) electrons. The van der Waals surface area contributed by atoms with Crippen molar-refractivity contribution in [1.29, 1.82) is 0 Å². The smallest absolute Gasteiger partial charge is 0.244 e. The van der Waals surface area contributed by atoms with Crippen molar-refractivity contribution in [2.75, 3.05) is 18.0 Å². The maximum atomic E-state index is 12.4. The highest BCUT2D eigenvalue weighted by Gasteiger charge is 2.29. The van der Waals surface area contributed by atoms with Gasteiger partial charge in [0.1, 0.15) is 0 Å². The van der Waals surface area contributed by atoms with Gasteiger partial charge in [-0.1, -0.05) is 13.0 Å². The monoisotopic (exact) mass is 297 g/mol. The van der Waals surface area contributed by atoms with Gasteiger partial charge in [0.25, 0.3) is 0 Å². The van der Waals surface area contributed by atoms with Crippen LogP contribution in [0.4, 0.5) is 5.69 Å². The Morgan fingerprint density at radius 1 is 1.45 bits per heavy atom. The van der Waals surface area contributed by atoms with Crippen LogP contribution < -0.4 is 15.4 Å². The summed E-state index contributed by atoms with van der Waals surface area (Å²) in [4.78, 5) is 14.0. The van der Waals surface area contributed by atoms with Crippen molar-refractivity contribution in [1.82, 2.24) is 5.32 Å². The first-order valence-corrected chi connectivity index (χ1v) is 8.15. The van der Waals surface area contributed by atoms with Gasteiger partial charge in [-0.05, 0) is 37.6 Å². The molecule has 2 rings (SSSR count). The van der Waals surface area contributed by atoms with Crippen molar-refractivity contribution in [3.63, 3.8) is 0 Å². The summed E-state index contributed by atoms with van der Waals surface area (Å²) in [5, 5.41) is 8.27. The number of nitrogens with zero attached hydrogens (tertiary/aromatic N) is 1. The summed E-state index contributed by atoms with van der Waals surface area (Å²) in [6, 6.07) is 5.99. The van der Waals surface area contributed by atoms with E-state index in [0.717, 1.165) is 19.4 Å². The average molecular weight is 297 g/mol. The molecule has 110 valence electrons. The summed E-state index contributed by atoms with van der Waals surface area (Å²) >= 11 is 0. The Morgan fingerprint density at radius 3 is 2.85 bits per heavy atom. The van der Waals surface area contributed by atoms with Crippen LogP contribution in [-0.4, -0.2) is 33.5 Å². The fourth-order valence-corrected chi connectivity index (χ4v) is 2.95. The Hall–Kier alpha value is -1.44. The second kappa shape index (κ2) is 5.90. The molecule has 0 spiro atoms. The fourth-order valence-electron chi connectivity index (χ4n) is 2.40. The molecule has 20 heavy (non-hydrogen) atoms. The van der Waals surface area contributed by atoms with Crippen molar-refractivity contribution >= 4 is 21.6 Å². The van der Waals surface area contributed by atoms with Crippen molar-refractivity contribution in [2.45, 2.75) is 30.7 Å². The second-order valence-electron chi connectivity index (χ2n) is 4.78. The van der Waals surface area contributed by atoms with Gasteiger partial charge in [0, 0.05) is 12.2 Å². The number of hydrogen-bond donors (Lipinski definition) is 2. The van der Waals surface area contributed by atoms with Crippen LogP contribution in [0.1, 0.15) is 19.8 Å². The van der Waals surface area contributed by atoms with Gasteiger partial charge < -0.3 is 10.2 Å². The Bertz CT molecular complexity index is 599. The van der Waals surface area contributed by atoms with E-state index < -0.39 is 10.0 Å². The molecule has 1 saturated heterocycles. The molecule has 1 aliphatic rings. The fraction of sp³-hybridized carbons (Fsp3) is 0.462. The van der Waals surface area contributed by atoms with E-state index in [9.17, 15) is 13.2 Å². The van der Waals surface area contributed by atoms with Gasteiger partial charge in [0.2, 0.25) is 15.9 Å². The largest absolute Gasteiger partial charge is 0.311 e. The number of amides is 1. The van der Waals surface area contributed by atoms with Gasteiger partial charge in [-0.3, -0.25) is 4.79 Å². The number of carbonyl (C=O) groups excluding carboxylic acids is 1. The molecule has 1 amide bonds. The van der Waals surface area contributed by atoms with Crippen LogP contribution in [0.5, 0.6) is 0 Å². The molecule has 1 aliphatic heterocycles. The number of nitrogens with two attached hydrogens (primary N) is 1. The van der Waals surface area contributed by atoms with Gasteiger partial charge in [0.05, 0.1) is 10.9 Å². The molecule has 1 fully saturated rings. The predicted molar refractivity (Wildman–Crippen MR) is 76.9 cm³/mol. The van der Waals surface area contributed by atoms with Crippen LogP contribution in [0.2, 0.25) is 0 Å². The molecule has 1 unspecified atom stereocenters. The minimum absolute atomic E-state index is 0.0216. The minimum atomic E-state index is -3.76. The van der Waals surface area contributed by atoms with Gasteiger partial charge in [-0.15, -0.1) is 0 Å². The summed E-state index contributed by atoms with van der Waals surface area (Å²) in [5.74, 6) is -0.0235. The highest BCUT2D eigenvalue weighted by Crippen LogP contribution is 2.23. The Morgan fingerprint density at radius 2 is 2.20 bits per heavy atom. The number of carbonyl (C=O) groups is 1. The van der Waals surface area contributed by atoms with Crippen LogP contribution >= 0.6 is 0 Å². The highest BCUT2D eigenvalue weighted by molar-refractivity contribution is 7.89. The molecule has 1 aromatic carbocycles. The van der Waals surface area contributed by atoms with E-state index in [1.54, 1.807) is 17.0 Å².